The molecule has 0 aromatic heterocycles. The van der Waals surface area contributed by atoms with E-state index in [1.807, 2.05) is 35.2 Å². The molecule has 1 N–H and O–H groups in total. The number of nitrogens with one attached hydrogen (secondary N) is 1. The molecule has 2 aromatic rings. The van der Waals surface area contributed by atoms with Crippen molar-refractivity contribution in [2.75, 3.05) is 32.7 Å². The van der Waals surface area contributed by atoms with Gasteiger partial charge >= 0.3 is 0 Å². The Bertz CT molecular complexity index is 1060. The number of rotatable bonds is 5. The molecular formula is C25H26Cl2N4O2. The van der Waals surface area contributed by atoms with Crippen molar-refractivity contribution in [3.8, 4) is 6.07 Å². The number of carbonyl (C=O) groups excluding carboxylic acids is 2. The molecule has 2 heterocycles. The van der Waals surface area contributed by atoms with Gasteiger partial charge in [0, 0.05) is 37.8 Å². The summed E-state index contributed by atoms with van der Waals surface area (Å²) in [5.41, 5.74) is 1.03. The second kappa shape index (κ2) is 10.1. The number of hydrogen-bond acceptors (Lipinski definition) is 4. The highest BCUT2D eigenvalue weighted by Gasteiger charge is 2.39. The largest absolute Gasteiger partial charge is 0.343 e. The first-order chi connectivity index (χ1) is 15.9. The van der Waals surface area contributed by atoms with E-state index in [1.54, 1.807) is 12.1 Å². The van der Waals surface area contributed by atoms with E-state index in [4.69, 9.17) is 23.2 Å². The molecule has 2 saturated heterocycles. The number of likely N-dealkylation sites (tertiary alicyclic amines) is 2. The molecular weight excluding hydrogens is 459 g/mol. The van der Waals surface area contributed by atoms with Gasteiger partial charge in [-0.1, -0.05) is 53.5 Å². The molecule has 2 amide bonds. The van der Waals surface area contributed by atoms with Crippen LogP contribution in [0.1, 0.15) is 35.2 Å². The Balaban J connectivity index is 1.27. The lowest BCUT2D eigenvalue weighted by atomic mass is 9.74. The van der Waals surface area contributed by atoms with Crippen molar-refractivity contribution in [3.63, 3.8) is 0 Å². The Morgan fingerprint density at radius 1 is 1.06 bits per heavy atom. The molecule has 0 spiro atoms. The molecule has 2 aliphatic heterocycles. The number of amides is 2. The number of nitrogens with zero attached hydrogens (tertiary/aromatic N) is 3. The van der Waals surface area contributed by atoms with Crippen LogP contribution in [0.4, 0.5) is 0 Å². The van der Waals surface area contributed by atoms with Crippen molar-refractivity contribution >= 4 is 35.0 Å². The van der Waals surface area contributed by atoms with Crippen LogP contribution in [0.3, 0.4) is 0 Å². The number of piperidine rings is 1. The first-order valence-corrected chi connectivity index (χ1v) is 11.9. The minimum absolute atomic E-state index is 0.0582. The van der Waals surface area contributed by atoms with Crippen LogP contribution >= 0.6 is 23.2 Å². The molecule has 0 saturated carbocycles. The standard InChI is InChI=1S/C25H26Cl2N4O2/c26-21-7-6-18(14-22(21)27)24(33)29-15-23(32)31-11-8-20(16-31)30-12-9-25(17-28,10-13-30)19-4-2-1-3-5-19/h1-7,14,20H,8-13,15-16H2,(H,29,33). The van der Waals surface area contributed by atoms with Gasteiger partial charge in [0.2, 0.25) is 5.91 Å². The smallest absolute Gasteiger partial charge is 0.251 e. The van der Waals surface area contributed by atoms with Gasteiger partial charge in [-0.05, 0) is 43.0 Å². The lowest BCUT2D eigenvalue weighted by molar-refractivity contribution is -0.129. The van der Waals surface area contributed by atoms with Crippen LogP contribution in [-0.4, -0.2) is 60.4 Å². The minimum Gasteiger partial charge on any atom is -0.343 e. The van der Waals surface area contributed by atoms with Crippen molar-refractivity contribution in [2.24, 2.45) is 0 Å². The summed E-state index contributed by atoms with van der Waals surface area (Å²) in [6.45, 7) is 2.93. The van der Waals surface area contributed by atoms with Crippen molar-refractivity contribution in [1.82, 2.24) is 15.1 Å². The third-order valence-electron chi connectivity index (χ3n) is 6.81. The monoisotopic (exact) mass is 484 g/mol. The lowest BCUT2D eigenvalue weighted by Crippen LogP contribution is -2.48. The van der Waals surface area contributed by atoms with Gasteiger partial charge in [0.05, 0.1) is 28.1 Å². The van der Waals surface area contributed by atoms with Gasteiger partial charge < -0.3 is 10.2 Å². The van der Waals surface area contributed by atoms with E-state index < -0.39 is 5.41 Å². The lowest BCUT2D eigenvalue weighted by Gasteiger charge is -2.40. The van der Waals surface area contributed by atoms with Crippen LogP contribution in [0.15, 0.2) is 48.5 Å². The van der Waals surface area contributed by atoms with E-state index in [-0.39, 0.29) is 24.4 Å². The fourth-order valence-electron chi connectivity index (χ4n) is 4.77. The molecule has 2 aliphatic rings. The van der Waals surface area contributed by atoms with E-state index in [1.165, 1.54) is 6.07 Å². The van der Waals surface area contributed by atoms with E-state index in [9.17, 15) is 14.9 Å². The molecule has 0 radical (unpaired) electrons. The highest BCUT2D eigenvalue weighted by molar-refractivity contribution is 6.42. The van der Waals surface area contributed by atoms with E-state index in [0.717, 1.165) is 37.9 Å². The SMILES string of the molecule is N#CC1(c2ccccc2)CCN(C2CCN(C(=O)CNC(=O)c3ccc(Cl)c(Cl)c3)C2)CC1. The normalized spacial score (nSPS) is 20.3. The highest BCUT2D eigenvalue weighted by atomic mass is 35.5. The van der Waals surface area contributed by atoms with E-state index in [2.05, 4.69) is 16.3 Å². The van der Waals surface area contributed by atoms with Crippen LogP contribution in [0.5, 0.6) is 0 Å². The molecule has 1 atom stereocenters. The van der Waals surface area contributed by atoms with Crippen LogP contribution in [0.25, 0.3) is 0 Å². The summed E-state index contributed by atoms with van der Waals surface area (Å²) in [5, 5.41) is 13.3. The molecule has 2 fully saturated rings. The van der Waals surface area contributed by atoms with Gasteiger partial charge in [0.15, 0.2) is 0 Å². The van der Waals surface area contributed by atoms with Crippen LogP contribution in [0.2, 0.25) is 10.0 Å². The molecule has 0 bridgehead atoms. The Morgan fingerprint density at radius 2 is 1.79 bits per heavy atom. The van der Waals surface area contributed by atoms with Gasteiger partial charge in [-0.3, -0.25) is 14.5 Å². The molecule has 2 aromatic carbocycles. The number of halogens is 2. The van der Waals surface area contributed by atoms with Gasteiger partial charge in [-0.25, -0.2) is 0 Å². The summed E-state index contributed by atoms with van der Waals surface area (Å²) in [6.07, 6.45) is 2.48. The summed E-state index contributed by atoms with van der Waals surface area (Å²) in [4.78, 5) is 29.2. The molecule has 6 nitrogen and oxygen atoms in total. The number of nitriles is 1. The number of hydrogen-bond donors (Lipinski definition) is 1. The summed E-state index contributed by atoms with van der Waals surface area (Å²) in [7, 11) is 0. The van der Waals surface area contributed by atoms with Crippen molar-refractivity contribution in [1.29, 1.82) is 5.26 Å². The third kappa shape index (κ3) is 5.16. The molecule has 172 valence electrons. The van der Waals surface area contributed by atoms with Gasteiger partial charge in [-0.15, -0.1) is 0 Å². The second-order valence-electron chi connectivity index (χ2n) is 8.69. The van der Waals surface area contributed by atoms with Crippen molar-refractivity contribution in [2.45, 2.75) is 30.7 Å². The molecule has 0 aliphatic carbocycles. The van der Waals surface area contributed by atoms with Crippen LogP contribution in [0, 0.1) is 11.3 Å². The first-order valence-electron chi connectivity index (χ1n) is 11.1. The van der Waals surface area contributed by atoms with Gasteiger partial charge in [0.25, 0.3) is 5.91 Å². The van der Waals surface area contributed by atoms with Crippen molar-refractivity contribution < 1.29 is 9.59 Å². The average molecular weight is 485 g/mol. The fourth-order valence-corrected chi connectivity index (χ4v) is 5.06. The second-order valence-corrected chi connectivity index (χ2v) is 9.50. The number of benzene rings is 2. The average Bonchev–Trinajstić information content (AvgIpc) is 3.35. The maximum absolute atomic E-state index is 12.7. The maximum atomic E-state index is 12.7. The highest BCUT2D eigenvalue weighted by Crippen LogP contribution is 2.36. The quantitative estimate of drug-likeness (QED) is 0.698. The Kier molecular flexibility index (Phi) is 7.23. The maximum Gasteiger partial charge on any atom is 0.251 e. The molecule has 1 unspecified atom stereocenters. The molecule has 33 heavy (non-hydrogen) atoms. The Hall–Kier alpha value is -2.59. The Labute approximate surface area is 204 Å². The van der Waals surface area contributed by atoms with E-state index >= 15 is 0 Å². The topological polar surface area (TPSA) is 76.4 Å². The zero-order valence-corrected chi connectivity index (χ0v) is 19.8. The summed E-state index contributed by atoms with van der Waals surface area (Å²) < 4.78 is 0. The van der Waals surface area contributed by atoms with Gasteiger partial charge in [0.1, 0.15) is 0 Å². The minimum atomic E-state index is -0.430. The summed E-state index contributed by atoms with van der Waals surface area (Å²) in [6, 6.07) is 17.5. The zero-order chi connectivity index (χ0) is 23.4. The summed E-state index contributed by atoms with van der Waals surface area (Å²) >= 11 is 11.9. The molecule has 4 rings (SSSR count). The zero-order valence-electron chi connectivity index (χ0n) is 18.3. The van der Waals surface area contributed by atoms with Crippen molar-refractivity contribution in [3.05, 3.63) is 69.7 Å². The van der Waals surface area contributed by atoms with Crippen LogP contribution in [-0.2, 0) is 10.2 Å². The van der Waals surface area contributed by atoms with E-state index in [0.29, 0.717) is 28.7 Å². The molecule has 8 heteroatoms. The summed E-state index contributed by atoms with van der Waals surface area (Å²) in [5.74, 6) is -0.457. The van der Waals surface area contributed by atoms with Crippen LogP contribution < -0.4 is 5.32 Å². The number of carbonyl (C=O) groups is 2. The fraction of sp³-hybridized carbons (Fsp3) is 0.400. The Morgan fingerprint density at radius 3 is 2.45 bits per heavy atom. The third-order valence-corrected chi connectivity index (χ3v) is 7.55. The predicted octanol–water partition coefficient (Wildman–Crippen LogP) is 3.88. The predicted molar refractivity (Wildman–Crippen MR) is 128 cm³/mol. The first kappa shape index (κ1) is 23.6. The van der Waals surface area contributed by atoms with Gasteiger partial charge in [-0.2, -0.15) is 5.26 Å².